The number of benzene rings is 1. The van der Waals surface area contributed by atoms with E-state index >= 15 is 0 Å². The highest BCUT2D eigenvalue weighted by atomic mass is 16.6. The number of methoxy groups -OCH3 is 1. The fraction of sp³-hybridized carbons (Fsp3) is 0.759. The monoisotopic (exact) mass is 490 g/mol. The Morgan fingerprint density at radius 1 is 1.11 bits per heavy atom. The molecule has 0 saturated heterocycles. The molecule has 198 valence electrons. The summed E-state index contributed by atoms with van der Waals surface area (Å²) in [6.07, 6.45) is 10.3. The highest BCUT2D eigenvalue weighted by Gasteiger charge is 2.33. The Morgan fingerprint density at radius 3 is 2.63 bits per heavy atom. The molecule has 2 N–H and O–H groups in total. The van der Waals surface area contributed by atoms with E-state index in [0.29, 0.717) is 5.92 Å². The molecule has 0 bridgehead atoms. The van der Waals surface area contributed by atoms with Crippen molar-refractivity contribution < 1.29 is 29.2 Å². The molecular weight excluding hydrogens is 444 g/mol. The average molecular weight is 491 g/mol. The highest BCUT2D eigenvalue weighted by molar-refractivity contribution is 5.75. The molecule has 35 heavy (non-hydrogen) atoms. The van der Waals surface area contributed by atoms with Gasteiger partial charge in [-0.3, -0.25) is 4.79 Å². The molecule has 0 aliphatic heterocycles. The Bertz CT molecular complexity index is 776. The van der Waals surface area contributed by atoms with Crippen molar-refractivity contribution in [1.82, 2.24) is 0 Å². The number of aryl methyl sites for hydroxylation is 1. The summed E-state index contributed by atoms with van der Waals surface area (Å²) < 4.78 is 16.6. The van der Waals surface area contributed by atoms with Gasteiger partial charge in [0.25, 0.3) is 0 Å². The molecule has 1 aromatic carbocycles. The van der Waals surface area contributed by atoms with Crippen molar-refractivity contribution in [2.24, 2.45) is 17.8 Å². The van der Waals surface area contributed by atoms with Crippen molar-refractivity contribution in [1.29, 1.82) is 0 Å². The zero-order chi connectivity index (χ0) is 25.2. The van der Waals surface area contributed by atoms with E-state index in [0.717, 1.165) is 82.8 Å². The largest absolute Gasteiger partial charge is 0.488 e. The van der Waals surface area contributed by atoms with Gasteiger partial charge in [-0.15, -0.1) is 0 Å². The fourth-order valence-corrected chi connectivity index (χ4v) is 5.07. The van der Waals surface area contributed by atoms with Crippen LogP contribution in [0.4, 0.5) is 0 Å². The third-order valence-electron chi connectivity index (χ3n) is 7.70. The maximum absolute atomic E-state index is 12.2. The van der Waals surface area contributed by atoms with Gasteiger partial charge in [0.15, 0.2) is 6.29 Å². The summed E-state index contributed by atoms with van der Waals surface area (Å²) in [6, 6.07) is 6.09. The molecule has 0 aromatic heterocycles. The first-order valence-corrected chi connectivity index (χ1v) is 13.7. The Morgan fingerprint density at radius 2 is 1.91 bits per heavy atom. The van der Waals surface area contributed by atoms with Crippen LogP contribution in [-0.4, -0.2) is 48.4 Å². The van der Waals surface area contributed by atoms with Gasteiger partial charge in [-0.05, 0) is 93.2 Å². The van der Waals surface area contributed by atoms with Crippen LogP contribution in [0.25, 0.3) is 0 Å². The highest BCUT2D eigenvalue weighted by Crippen LogP contribution is 2.36. The number of unbranched alkanes of at least 4 members (excludes halogenated alkanes) is 2. The molecule has 0 radical (unpaired) electrons. The van der Waals surface area contributed by atoms with Crippen molar-refractivity contribution >= 4 is 5.97 Å². The third-order valence-corrected chi connectivity index (χ3v) is 7.70. The van der Waals surface area contributed by atoms with E-state index in [1.165, 1.54) is 18.2 Å². The average Bonchev–Trinajstić information content (AvgIpc) is 3.71. The maximum Gasteiger partial charge on any atom is 0.309 e. The number of hydrogen-bond donors (Lipinski definition) is 2. The number of carbonyl (C=O) groups is 1. The number of esters is 1. The Hall–Kier alpha value is -1.63. The molecule has 3 rings (SSSR count). The van der Waals surface area contributed by atoms with E-state index in [1.807, 2.05) is 12.1 Å². The summed E-state index contributed by atoms with van der Waals surface area (Å²) in [5.74, 6) is 1.47. The second-order valence-electron chi connectivity index (χ2n) is 10.7. The Kier molecular flexibility index (Phi) is 11.3. The molecule has 1 saturated carbocycles. The van der Waals surface area contributed by atoms with Gasteiger partial charge >= 0.3 is 5.97 Å². The lowest BCUT2D eigenvalue weighted by atomic mass is 9.79. The molecule has 1 aromatic rings. The smallest absolute Gasteiger partial charge is 0.309 e. The zero-order valence-corrected chi connectivity index (χ0v) is 21.9. The lowest BCUT2D eigenvalue weighted by Gasteiger charge is -2.30. The summed E-state index contributed by atoms with van der Waals surface area (Å²) in [5, 5.41) is 20.7. The van der Waals surface area contributed by atoms with Crippen molar-refractivity contribution in [2.75, 3.05) is 13.7 Å². The van der Waals surface area contributed by atoms with Gasteiger partial charge in [0.05, 0.1) is 12.0 Å². The lowest BCUT2D eigenvalue weighted by molar-refractivity contribution is -0.151. The molecule has 6 nitrogen and oxygen atoms in total. The van der Waals surface area contributed by atoms with E-state index in [9.17, 15) is 15.0 Å². The van der Waals surface area contributed by atoms with E-state index in [2.05, 4.69) is 19.9 Å². The third kappa shape index (κ3) is 9.07. The first kappa shape index (κ1) is 27.9. The number of carbonyl (C=O) groups excluding carboxylic acids is 1. The molecule has 0 heterocycles. The normalized spacial score (nSPS) is 21.0. The predicted octanol–water partition coefficient (Wildman–Crippen LogP) is 5.20. The standard InChI is InChI=1S/C29H46O6/c1-4-5-6-9-24(35-29(32)23-14-15-23)16-11-20(2)26(30)18-21-12-13-22-8-7-10-27(25(22)17-21)34-19-28(31)33-3/h7-8,10,20-21,23-24,26,28,30-31H,4-6,9,11-19H2,1-3H3/t20-,21-,24-,26+,28?/m0/s1. The van der Waals surface area contributed by atoms with Crippen molar-refractivity contribution in [2.45, 2.75) is 109 Å². The van der Waals surface area contributed by atoms with Gasteiger partial charge in [-0.1, -0.05) is 38.8 Å². The van der Waals surface area contributed by atoms with Crippen molar-refractivity contribution in [3.63, 3.8) is 0 Å². The Labute approximate surface area is 211 Å². The number of aliphatic hydroxyl groups excluding tert-OH is 2. The van der Waals surface area contributed by atoms with Crippen LogP contribution in [-0.2, 0) is 27.1 Å². The van der Waals surface area contributed by atoms with Gasteiger partial charge < -0.3 is 24.4 Å². The Balaban J connectivity index is 1.49. The van der Waals surface area contributed by atoms with Crippen molar-refractivity contribution in [3.05, 3.63) is 29.3 Å². The number of ether oxygens (including phenoxy) is 3. The van der Waals surface area contributed by atoms with Crippen LogP contribution in [0, 0.1) is 17.8 Å². The summed E-state index contributed by atoms with van der Waals surface area (Å²) in [5.41, 5.74) is 2.48. The van der Waals surface area contributed by atoms with Gasteiger partial charge in [0.1, 0.15) is 18.5 Å². The number of aliphatic hydroxyl groups is 2. The zero-order valence-electron chi connectivity index (χ0n) is 21.9. The number of rotatable bonds is 16. The molecule has 0 spiro atoms. The van der Waals surface area contributed by atoms with Crippen LogP contribution in [0.5, 0.6) is 5.75 Å². The first-order valence-electron chi connectivity index (χ1n) is 13.7. The molecular formula is C29H46O6. The number of fused-ring (bicyclic) bond motifs is 1. The fourth-order valence-electron chi connectivity index (χ4n) is 5.07. The molecule has 0 amide bonds. The summed E-state index contributed by atoms with van der Waals surface area (Å²) >= 11 is 0. The molecule has 1 unspecified atom stereocenters. The summed E-state index contributed by atoms with van der Waals surface area (Å²) in [4.78, 5) is 12.2. The molecule has 1 fully saturated rings. The van der Waals surface area contributed by atoms with E-state index in [4.69, 9.17) is 14.2 Å². The van der Waals surface area contributed by atoms with Crippen LogP contribution in [0.15, 0.2) is 18.2 Å². The van der Waals surface area contributed by atoms with Gasteiger partial charge in [-0.25, -0.2) is 0 Å². The van der Waals surface area contributed by atoms with Crippen LogP contribution in [0.3, 0.4) is 0 Å². The van der Waals surface area contributed by atoms with Gasteiger partial charge in [0.2, 0.25) is 0 Å². The lowest BCUT2D eigenvalue weighted by Crippen LogP contribution is -2.27. The van der Waals surface area contributed by atoms with E-state index < -0.39 is 6.29 Å². The SMILES string of the molecule is CCCCC[C@@H](CC[C@H](C)[C@H](O)C[C@H]1CCc2cccc(OCC(O)OC)c2C1)OC(=O)C1CC1. The minimum Gasteiger partial charge on any atom is -0.488 e. The van der Waals surface area contributed by atoms with Crippen molar-refractivity contribution in [3.8, 4) is 5.75 Å². The first-order chi connectivity index (χ1) is 16.9. The summed E-state index contributed by atoms with van der Waals surface area (Å²) in [7, 11) is 1.46. The second kappa shape index (κ2) is 14.2. The van der Waals surface area contributed by atoms with E-state index in [-0.39, 0.29) is 36.6 Å². The number of hydrogen-bond acceptors (Lipinski definition) is 6. The van der Waals surface area contributed by atoms with Gasteiger partial charge in [0, 0.05) is 7.11 Å². The second-order valence-corrected chi connectivity index (χ2v) is 10.7. The molecule has 5 atom stereocenters. The quantitative estimate of drug-likeness (QED) is 0.188. The predicted molar refractivity (Wildman–Crippen MR) is 136 cm³/mol. The molecule has 2 aliphatic carbocycles. The maximum atomic E-state index is 12.2. The summed E-state index contributed by atoms with van der Waals surface area (Å²) in [6.45, 7) is 4.40. The van der Waals surface area contributed by atoms with Gasteiger partial charge in [-0.2, -0.15) is 0 Å². The topological polar surface area (TPSA) is 85.2 Å². The minimum atomic E-state index is -0.942. The van der Waals surface area contributed by atoms with E-state index in [1.54, 1.807) is 0 Å². The van der Waals surface area contributed by atoms with Crippen LogP contribution < -0.4 is 4.74 Å². The van der Waals surface area contributed by atoms with Crippen LogP contribution in [0.1, 0.15) is 89.2 Å². The molecule has 6 heteroatoms. The van der Waals surface area contributed by atoms with Crippen LogP contribution >= 0.6 is 0 Å². The molecule has 2 aliphatic rings. The van der Waals surface area contributed by atoms with Crippen LogP contribution in [0.2, 0.25) is 0 Å². The minimum absolute atomic E-state index is 0.0170.